The molecule has 3 aromatic rings. The number of benzene rings is 2. The molecule has 0 spiro atoms. The molecule has 2 aliphatic rings. The Morgan fingerprint density at radius 1 is 1.22 bits per heavy atom. The highest BCUT2D eigenvalue weighted by Crippen LogP contribution is 2.40. The van der Waals surface area contributed by atoms with E-state index in [9.17, 15) is 4.79 Å². The minimum atomic E-state index is -0.520. The van der Waals surface area contributed by atoms with Gasteiger partial charge in [0, 0.05) is 27.8 Å². The molecule has 0 aliphatic carbocycles. The number of hydrogen-bond donors (Lipinski definition) is 1. The van der Waals surface area contributed by atoms with E-state index in [-0.39, 0.29) is 12.1 Å². The average molecular weight is 514 g/mol. The minimum Gasteiger partial charge on any atom is -0.457 e. The van der Waals surface area contributed by atoms with Gasteiger partial charge in [0.1, 0.15) is 22.9 Å². The fraction of sp³-hybridized carbons (Fsp3) is 0.333. The maximum atomic E-state index is 12.6. The largest absolute Gasteiger partial charge is 0.457 e. The number of imidazole rings is 1. The first-order valence-electron chi connectivity index (χ1n) is 10.5. The molecule has 1 N–H and O–H groups in total. The molecule has 0 unspecified atom stereocenters. The molecule has 0 saturated carbocycles. The van der Waals surface area contributed by atoms with E-state index >= 15 is 0 Å². The number of amides is 1. The van der Waals surface area contributed by atoms with Crippen LogP contribution in [0.25, 0.3) is 11.4 Å². The number of nitrogens with zero attached hydrogens (tertiary/aromatic N) is 2. The Balaban J connectivity index is 1.37. The minimum absolute atomic E-state index is 0.0811. The van der Waals surface area contributed by atoms with Crippen molar-refractivity contribution in [1.82, 2.24) is 14.9 Å². The van der Waals surface area contributed by atoms with Crippen LogP contribution in [-0.4, -0.2) is 38.2 Å². The number of carbonyl (C=O) groups is 1. The molecule has 6 nitrogen and oxygen atoms in total. The Kier molecular flexibility index (Phi) is 5.45. The van der Waals surface area contributed by atoms with E-state index in [1.807, 2.05) is 51.2 Å². The van der Waals surface area contributed by atoms with Crippen molar-refractivity contribution in [2.75, 3.05) is 11.6 Å². The highest BCUT2D eigenvalue weighted by molar-refractivity contribution is 9.10. The number of fused-ring (bicyclic) bond motifs is 2. The molecule has 8 heteroatoms. The van der Waals surface area contributed by atoms with Gasteiger partial charge in [-0.05, 0) is 56.7 Å². The van der Waals surface area contributed by atoms with E-state index in [0.717, 1.165) is 56.4 Å². The summed E-state index contributed by atoms with van der Waals surface area (Å²) < 4.78 is 12.7. The van der Waals surface area contributed by atoms with Gasteiger partial charge in [-0.25, -0.2) is 9.78 Å². The number of aromatic nitrogens is 2. The van der Waals surface area contributed by atoms with Crippen molar-refractivity contribution in [3.8, 4) is 22.9 Å². The SMILES string of the molecule is CC(C)(C)OC(=O)N1CSC[C@H]1c1cnc(-c2ccc3c(c2)Cc2ccc(Br)cc2O3)[nH]1. The number of rotatable bonds is 2. The predicted octanol–water partition coefficient (Wildman–Crippen LogP) is 6.52. The third kappa shape index (κ3) is 4.26. The van der Waals surface area contributed by atoms with Crippen molar-refractivity contribution < 1.29 is 14.3 Å². The zero-order valence-electron chi connectivity index (χ0n) is 18.1. The molecule has 1 atom stereocenters. The van der Waals surface area contributed by atoms with Gasteiger partial charge in [-0.15, -0.1) is 11.8 Å². The fourth-order valence-corrected chi connectivity index (χ4v) is 5.42. The van der Waals surface area contributed by atoms with Crippen molar-refractivity contribution >= 4 is 33.8 Å². The highest BCUT2D eigenvalue weighted by Gasteiger charge is 2.34. The van der Waals surface area contributed by atoms with Gasteiger partial charge >= 0.3 is 6.09 Å². The topological polar surface area (TPSA) is 67.4 Å². The van der Waals surface area contributed by atoms with E-state index in [1.165, 1.54) is 0 Å². The monoisotopic (exact) mass is 513 g/mol. The number of aromatic amines is 1. The lowest BCUT2D eigenvalue weighted by Gasteiger charge is -2.27. The Labute approximate surface area is 199 Å². The van der Waals surface area contributed by atoms with Crippen LogP contribution in [0.5, 0.6) is 11.5 Å². The summed E-state index contributed by atoms with van der Waals surface area (Å²) in [5.41, 5.74) is 3.68. The van der Waals surface area contributed by atoms with Gasteiger partial charge in [0.2, 0.25) is 0 Å². The van der Waals surface area contributed by atoms with Crippen molar-refractivity contribution in [2.24, 2.45) is 0 Å². The summed E-state index contributed by atoms with van der Waals surface area (Å²) in [5.74, 6) is 3.96. The van der Waals surface area contributed by atoms with E-state index in [2.05, 4.69) is 38.0 Å². The van der Waals surface area contributed by atoms with Crippen molar-refractivity contribution in [1.29, 1.82) is 0 Å². The van der Waals surface area contributed by atoms with Crippen LogP contribution >= 0.6 is 27.7 Å². The molecule has 2 aliphatic heterocycles. The Hall–Kier alpha value is -2.45. The number of H-pyrrole nitrogens is 1. The molecular weight excluding hydrogens is 490 g/mol. The van der Waals surface area contributed by atoms with Crippen LogP contribution in [-0.2, 0) is 11.2 Å². The Morgan fingerprint density at radius 3 is 2.88 bits per heavy atom. The maximum absolute atomic E-state index is 12.6. The number of hydrogen-bond acceptors (Lipinski definition) is 5. The summed E-state index contributed by atoms with van der Waals surface area (Å²) >= 11 is 5.22. The lowest BCUT2D eigenvalue weighted by Crippen LogP contribution is -2.36. The fourth-order valence-electron chi connectivity index (χ4n) is 3.91. The summed E-state index contributed by atoms with van der Waals surface area (Å²) in [7, 11) is 0. The van der Waals surface area contributed by atoms with Gasteiger partial charge in [-0.2, -0.15) is 0 Å². The first-order valence-corrected chi connectivity index (χ1v) is 12.4. The Bertz CT molecular complexity index is 1190. The number of carbonyl (C=O) groups excluding carboxylic acids is 1. The number of halogens is 1. The molecule has 5 rings (SSSR count). The lowest BCUT2D eigenvalue weighted by molar-refractivity contribution is 0.0236. The zero-order valence-corrected chi connectivity index (χ0v) is 20.5. The molecule has 1 saturated heterocycles. The summed E-state index contributed by atoms with van der Waals surface area (Å²) in [6, 6.07) is 12.2. The van der Waals surface area contributed by atoms with Gasteiger partial charge in [-0.3, -0.25) is 4.90 Å². The molecule has 1 amide bonds. The van der Waals surface area contributed by atoms with Crippen LogP contribution in [0.4, 0.5) is 4.79 Å². The lowest BCUT2D eigenvalue weighted by atomic mass is 9.98. The van der Waals surface area contributed by atoms with Crippen LogP contribution in [0.15, 0.2) is 47.1 Å². The first kappa shape index (κ1) is 21.4. The van der Waals surface area contributed by atoms with Crippen LogP contribution in [0.2, 0.25) is 0 Å². The molecular formula is C24H24BrN3O3S. The number of thioether (sulfide) groups is 1. The second-order valence-corrected chi connectivity index (χ2v) is 10.9. The smallest absolute Gasteiger partial charge is 0.411 e. The van der Waals surface area contributed by atoms with Crippen molar-refractivity contribution in [2.45, 2.75) is 38.8 Å². The van der Waals surface area contributed by atoms with Gasteiger partial charge < -0.3 is 14.5 Å². The van der Waals surface area contributed by atoms with Crippen LogP contribution < -0.4 is 4.74 Å². The highest BCUT2D eigenvalue weighted by atomic mass is 79.9. The number of nitrogens with one attached hydrogen (secondary N) is 1. The molecule has 166 valence electrons. The molecule has 2 aromatic carbocycles. The molecule has 1 fully saturated rings. The van der Waals surface area contributed by atoms with E-state index in [1.54, 1.807) is 16.7 Å². The summed E-state index contributed by atoms with van der Waals surface area (Å²) in [6.45, 7) is 5.65. The second-order valence-electron chi connectivity index (χ2n) is 9.01. The first-order chi connectivity index (χ1) is 15.3. The van der Waals surface area contributed by atoms with Gasteiger partial charge in [0.05, 0.1) is 23.8 Å². The zero-order chi connectivity index (χ0) is 22.5. The van der Waals surface area contributed by atoms with Crippen LogP contribution in [0.1, 0.15) is 43.6 Å². The maximum Gasteiger partial charge on any atom is 0.411 e. The summed E-state index contributed by atoms with van der Waals surface area (Å²) in [4.78, 5) is 22.5. The molecule has 3 heterocycles. The number of ether oxygens (including phenoxy) is 2. The molecule has 0 radical (unpaired) electrons. The third-order valence-electron chi connectivity index (χ3n) is 5.43. The summed E-state index contributed by atoms with van der Waals surface area (Å²) in [6.07, 6.45) is 2.34. The van der Waals surface area contributed by atoms with E-state index in [4.69, 9.17) is 9.47 Å². The Morgan fingerprint density at radius 2 is 2.06 bits per heavy atom. The quantitative estimate of drug-likeness (QED) is 0.330. The normalized spacial score (nSPS) is 17.5. The van der Waals surface area contributed by atoms with Gasteiger partial charge in [0.15, 0.2) is 0 Å². The van der Waals surface area contributed by atoms with Gasteiger partial charge in [-0.1, -0.05) is 22.0 Å². The van der Waals surface area contributed by atoms with Crippen LogP contribution in [0, 0.1) is 0 Å². The molecule has 32 heavy (non-hydrogen) atoms. The van der Waals surface area contributed by atoms with Gasteiger partial charge in [0.25, 0.3) is 0 Å². The third-order valence-corrected chi connectivity index (χ3v) is 6.93. The average Bonchev–Trinajstić information content (AvgIpc) is 3.40. The van der Waals surface area contributed by atoms with E-state index in [0.29, 0.717) is 5.88 Å². The van der Waals surface area contributed by atoms with Crippen molar-refractivity contribution in [3.05, 3.63) is 63.9 Å². The van der Waals surface area contributed by atoms with Crippen LogP contribution in [0.3, 0.4) is 0 Å². The predicted molar refractivity (Wildman–Crippen MR) is 129 cm³/mol. The summed E-state index contributed by atoms with van der Waals surface area (Å²) in [5, 5.41) is 0. The van der Waals surface area contributed by atoms with E-state index < -0.39 is 5.60 Å². The standard InChI is InChI=1S/C24H24BrN3O3S/c1-24(2,3)31-23(29)28-13-32-12-19(28)18-11-26-22(27-18)15-5-7-20-16(9-15)8-14-4-6-17(25)10-21(14)30-20/h4-7,9-11,19H,8,12-13H2,1-3H3,(H,26,27)/t19-/m0/s1. The molecule has 1 aromatic heterocycles. The molecule has 0 bridgehead atoms. The second kappa shape index (κ2) is 8.15. The van der Waals surface area contributed by atoms with Crippen molar-refractivity contribution in [3.63, 3.8) is 0 Å².